The van der Waals surface area contributed by atoms with Gasteiger partial charge in [0, 0.05) is 39.3 Å². The number of furan rings is 1. The van der Waals surface area contributed by atoms with Gasteiger partial charge in [-0.1, -0.05) is 153 Å². The molecule has 0 N–H and O–H groups in total. The molecule has 11 rings (SSSR count). The van der Waals surface area contributed by atoms with Gasteiger partial charge in [0.25, 0.3) is 0 Å². The van der Waals surface area contributed by atoms with Crippen LogP contribution in [-0.4, -0.2) is 0 Å². The first kappa shape index (κ1) is 15.8. The van der Waals surface area contributed by atoms with Gasteiger partial charge in [0.15, 0.2) is 0 Å². The summed E-state index contributed by atoms with van der Waals surface area (Å²) in [5.41, 5.74) is -6.70. The Morgan fingerprint density at radius 2 is 1.15 bits per heavy atom. The molecule has 0 amide bonds. The molecular formula is C52H37NO. The minimum absolute atomic E-state index is 0.110. The summed E-state index contributed by atoms with van der Waals surface area (Å²) in [5.74, 6) is 0. The summed E-state index contributed by atoms with van der Waals surface area (Å²) in [4.78, 5) is 0.994. The fourth-order valence-corrected chi connectivity index (χ4v) is 8.03. The molecule has 1 heterocycles. The fourth-order valence-electron chi connectivity index (χ4n) is 8.03. The van der Waals surface area contributed by atoms with Gasteiger partial charge in [-0.25, -0.2) is 0 Å². The van der Waals surface area contributed by atoms with Gasteiger partial charge in [-0.2, -0.15) is 0 Å². The van der Waals surface area contributed by atoms with Gasteiger partial charge in [-0.15, -0.1) is 0 Å². The van der Waals surface area contributed by atoms with Gasteiger partial charge in [-0.3, -0.25) is 0 Å². The van der Waals surface area contributed by atoms with Crippen molar-refractivity contribution < 1.29 is 35.9 Å². The molecule has 0 bridgehead atoms. The third-order valence-corrected chi connectivity index (χ3v) is 10.4. The zero-order valence-corrected chi connectivity index (χ0v) is 28.5. The monoisotopic (exact) mass is 714 g/mol. The molecule has 0 saturated carbocycles. The van der Waals surface area contributed by atoms with Crippen LogP contribution in [0.4, 0.5) is 17.1 Å². The second kappa shape index (κ2) is 11.4. The molecule has 0 unspecified atom stereocenters. The summed E-state index contributed by atoms with van der Waals surface area (Å²) in [5, 5.41) is -0.308. The molecule has 0 spiro atoms. The maximum atomic E-state index is 10.6. The van der Waals surface area contributed by atoms with E-state index in [1.807, 2.05) is 0 Å². The zero-order valence-electron chi connectivity index (χ0n) is 51.5. The lowest BCUT2D eigenvalue weighted by atomic mass is 9.67. The molecule has 0 aliphatic heterocycles. The average Bonchev–Trinajstić information content (AvgIpc) is 4.06. The van der Waals surface area contributed by atoms with Crippen molar-refractivity contribution in [1.29, 1.82) is 0 Å². The van der Waals surface area contributed by atoms with Gasteiger partial charge < -0.3 is 9.32 Å². The van der Waals surface area contributed by atoms with Crippen molar-refractivity contribution >= 4 is 39.0 Å². The fraction of sp³-hybridized carbons (Fsp3) is 0.0769. The van der Waals surface area contributed by atoms with E-state index in [9.17, 15) is 13.7 Å². The first-order valence-electron chi connectivity index (χ1n) is 28.4. The van der Waals surface area contributed by atoms with Crippen molar-refractivity contribution in [2.45, 2.75) is 24.7 Å². The third kappa shape index (κ3) is 4.22. The van der Waals surface area contributed by atoms with Crippen LogP contribution in [0, 0.1) is 0 Å². The zero-order chi connectivity index (χ0) is 56.0. The molecular weight excluding hydrogens is 655 g/mol. The van der Waals surface area contributed by atoms with E-state index in [2.05, 4.69) is 0 Å². The van der Waals surface area contributed by atoms with Gasteiger partial charge in [0.05, 0.1) is 36.9 Å². The van der Waals surface area contributed by atoms with Crippen LogP contribution in [0.25, 0.3) is 44.2 Å². The van der Waals surface area contributed by atoms with Crippen LogP contribution in [0.3, 0.4) is 0 Å². The van der Waals surface area contributed by atoms with E-state index < -0.39 is 148 Å². The van der Waals surface area contributed by atoms with Crippen LogP contribution in [0.15, 0.2) is 192 Å². The average molecular weight is 715 g/mol. The summed E-state index contributed by atoms with van der Waals surface area (Å²) in [6.45, 7) is 3.38. The number of rotatable bonds is 5. The van der Waals surface area contributed by atoms with Crippen molar-refractivity contribution in [1.82, 2.24) is 0 Å². The maximum absolute atomic E-state index is 10.6. The van der Waals surface area contributed by atoms with Crippen LogP contribution in [0.5, 0.6) is 0 Å². The molecule has 0 fully saturated rings. The van der Waals surface area contributed by atoms with E-state index in [1.54, 1.807) is 13.8 Å². The van der Waals surface area contributed by atoms with Gasteiger partial charge in [0.1, 0.15) is 11.2 Å². The van der Waals surface area contributed by atoms with E-state index >= 15 is 0 Å². The van der Waals surface area contributed by atoms with E-state index in [-0.39, 0.29) is 96.3 Å². The highest BCUT2D eigenvalue weighted by Gasteiger charge is 2.46. The quantitative estimate of drug-likeness (QED) is 0.176. The lowest BCUT2D eigenvalue weighted by molar-refractivity contribution is 0.660. The SMILES string of the molecule is [2H]c1cc(C2(c3cc([2H])c([2H])c(N(c4cc5c(c([2H])c4[2H])-c4cc([2H])c([2H])c([2H])c4C5(C)C)c4cc5oc6c([2H])cc([2H])c([2H])c6c5c([2H])c4[2H])c3[2H])c3cc([2H])c([2H])c([2H])c3-c3c2cc([2H])c([2H])c3[2H])c([2H])c([2H])c1[2H]. The molecule has 2 aliphatic rings. The number of anilines is 3. The van der Waals surface area contributed by atoms with Crippen molar-refractivity contribution in [3.05, 3.63) is 221 Å². The normalized spacial score (nSPS) is 20.4. The summed E-state index contributed by atoms with van der Waals surface area (Å²) in [7, 11) is 0. The highest BCUT2D eigenvalue weighted by molar-refractivity contribution is 6.06. The number of para-hydroxylation sites is 1. The predicted molar refractivity (Wildman–Crippen MR) is 223 cm³/mol. The largest absolute Gasteiger partial charge is 0.456 e. The van der Waals surface area contributed by atoms with Gasteiger partial charge in [0.2, 0.25) is 0 Å². The van der Waals surface area contributed by atoms with E-state index in [4.69, 9.17) is 22.2 Å². The summed E-state index contributed by atoms with van der Waals surface area (Å²) in [6, 6.07) is -4.52. The molecule has 0 radical (unpaired) electrons. The number of nitrogens with zero attached hydrogens (tertiary/aromatic N) is 1. The molecule has 2 heteroatoms. The van der Waals surface area contributed by atoms with Crippen LogP contribution in [0.2, 0.25) is 0 Å². The molecule has 0 atom stereocenters. The topological polar surface area (TPSA) is 16.4 Å². The minimum atomic E-state index is -2.48. The highest BCUT2D eigenvalue weighted by atomic mass is 16.3. The van der Waals surface area contributed by atoms with Gasteiger partial charge in [-0.05, 0) is 98.0 Å². The smallest absolute Gasteiger partial charge is 0.137 e. The number of benzene rings is 8. The van der Waals surface area contributed by atoms with Crippen molar-refractivity contribution in [3.8, 4) is 22.3 Å². The lowest BCUT2D eigenvalue weighted by Gasteiger charge is -2.35. The van der Waals surface area contributed by atoms with Crippen LogP contribution < -0.4 is 4.90 Å². The number of hydrogen-bond donors (Lipinski definition) is 0. The lowest BCUT2D eigenvalue weighted by Crippen LogP contribution is -2.28. The van der Waals surface area contributed by atoms with E-state index in [0.29, 0.717) is 0 Å². The summed E-state index contributed by atoms with van der Waals surface area (Å²) >= 11 is 0. The Morgan fingerprint density at radius 1 is 0.463 bits per heavy atom. The number of hydrogen-bond acceptors (Lipinski definition) is 2. The Labute approximate surface area is 347 Å². The Kier molecular flexibility index (Phi) is 3.34. The molecule has 1 aromatic heterocycles. The number of fused-ring (bicyclic) bond motifs is 9. The Hall–Kier alpha value is -6.64. The summed E-state index contributed by atoms with van der Waals surface area (Å²) in [6.07, 6.45) is 0. The minimum Gasteiger partial charge on any atom is -0.456 e. The van der Waals surface area contributed by atoms with Crippen LogP contribution in [-0.2, 0) is 10.8 Å². The Bertz CT molecular complexity index is 4200. The second-order valence-electron chi connectivity index (χ2n) is 13.5. The second-order valence-corrected chi connectivity index (χ2v) is 13.5. The molecule has 256 valence electrons. The molecule has 8 aromatic carbocycles. The van der Waals surface area contributed by atoms with E-state index in [0.717, 1.165) is 35.2 Å². The van der Waals surface area contributed by atoms with Crippen molar-refractivity contribution in [3.63, 3.8) is 0 Å². The molecule has 54 heavy (non-hydrogen) atoms. The Balaban J connectivity index is 1.35. The maximum Gasteiger partial charge on any atom is 0.137 e. The van der Waals surface area contributed by atoms with Crippen molar-refractivity contribution in [2.75, 3.05) is 4.90 Å². The molecule has 2 nitrogen and oxygen atoms in total. The molecule has 2 aliphatic carbocycles. The third-order valence-electron chi connectivity index (χ3n) is 10.4. The van der Waals surface area contributed by atoms with Crippen LogP contribution >= 0.6 is 0 Å². The predicted octanol–water partition coefficient (Wildman–Crippen LogP) is 13.7. The van der Waals surface area contributed by atoms with Gasteiger partial charge >= 0.3 is 0 Å². The van der Waals surface area contributed by atoms with Crippen molar-refractivity contribution in [2.24, 2.45) is 0 Å². The van der Waals surface area contributed by atoms with E-state index in [1.165, 1.54) is 18.2 Å². The first-order chi connectivity index (χ1) is 36.0. The Morgan fingerprint density at radius 3 is 2.00 bits per heavy atom. The highest BCUT2D eigenvalue weighted by Crippen LogP contribution is 2.57. The molecule has 0 saturated heterocycles. The van der Waals surface area contributed by atoms with Crippen LogP contribution in [0.1, 0.15) is 78.8 Å². The molecule has 9 aromatic rings. The standard InChI is InChI=1S/C52H37NO/c1-51(2)45-23-10-6-19-39(45)42-29-27-37(32-48(42)51)53(38-28-30-44-43-22-9-13-26-49(43)54-50(44)33-38)36-18-14-17-35(31-36)52(34-15-4-3-5-16-34)46-24-11-7-20-40(46)41-21-8-12-25-47(41)52/h3-33H,1-2H3/i3D,4D,5D,6D,7D,8D,9D,10D,11D,12D,14D,15D,18D,20D,21D,22D,23D,26D,27D,28D,29D,30D,31D. The summed E-state index contributed by atoms with van der Waals surface area (Å²) < 4.78 is 217. The first-order valence-corrected chi connectivity index (χ1v) is 16.9.